The summed E-state index contributed by atoms with van der Waals surface area (Å²) in [5, 5.41) is 1.15. The number of hydrogen-bond acceptors (Lipinski definition) is 1. The van der Waals surface area contributed by atoms with E-state index < -0.39 is 0 Å². The molecule has 0 amide bonds. The van der Waals surface area contributed by atoms with Crippen LogP contribution < -0.4 is 0 Å². The molecule has 0 N–H and O–H groups in total. The normalized spacial score (nSPS) is 9.33. The van der Waals surface area contributed by atoms with E-state index in [9.17, 15) is 0 Å². The second-order valence-corrected chi connectivity index (χ2v) is 2.49. The van der Waals surface area contributed by atoms with E-state index in [2.05, 4.69) is 11.9 Å². The molecular weight excluding hydrogens is 235 g/mol. The van der Waals surface area contributed by atoms with Crippen LogP contribution in [0.2, 0.25) is 0 Å². The standard InChI is InChI=1S/C10H8N.Ru/c1-8-4-2-5-9-6-3-7-11-10(8)9;/h2-7H,1H2;/q-1;+1. The molecule has 0 unspecified atom stereocenters. The predicted octanol–water partition coefficient (Wildman–Crippen LogP) is 2.41. The van der Waals surface area contributed by atoms with E-state index in [0.717, 1.165) is 16.5 Å². The van der Waals surface area contributed by atoms with Crippen LogP contribution in [0.25, 0.3) is 10.9 Å². The van der Waals surface area contributed by atoms with Crippen LogP contribution in [0.3, 0.4) is 0 Å². The first kappa shape index (κ1) is 9.21. The molecule has 0 bridgehead atoms. The van der Waals surface area contributed by atoms with Crippen molar-refractivity contribution in [2.24, 2.45) is 0 Å². The first-order valence-corrected chi connectivity index (χ1v) is 3.53. The monoisotopic (exact) mass is 244 g/mol. The SMILES string of the molecule is [CH2-]c1cccc2cccnc12.[Ru+]. The largest absolute Gasteiger partial charge is 1.00 e. The minimum absolute atomic E-state index is 0. The first-order valence-electron chi connectivity index (χ1n) is 3.53. The van der Waals surface area contributed by atoms with E-state index in [1.807, 2.05) is 30.3 Å². The van der Waals surface area contributed by atoms with Crippen molar-refractivity contribution in [1.82, 2.24) is 4.98 Å². The molecule has 0 saturated carbocycles. The van der Waals surface area contributed by atoms with Crippen molar-refractivity contribution >= 4 is 10.9 Å². The minimum atomic E-state index is 0. The maximum absolute atomic E-state index is 4.22. The molecule has 0 spiro atoms. The van der Waals surface area contributed by atoms with Crippen LogP contribution in [0.5, 0.6) is 0 Å². The predicted molar refractivity (Wildman–Crippen MR) is 46.2 cm³/mol. The van der Waals surface area contributed by atoms with Gasteiger partial charge in [0.2, 0.25) is 0 Å². The Hall–Kier alpha value is -0.877. The summed E-state index contributed by atoms with van der Waals surface area (Å²) in [5.74, 6) is 0. The number of nitrogens with zero attached hydrogens (tertiary/aromatic N) is 1. The van der Waals surface area contributed by atoms with Gasteiger partial charge in [0.25, 0.3) is 0 Å². The summed E-state index contributed by atoms with van der Waals surface area (Å²) in [6.45, 7) is 3.89. The molecule has 1 nitrogen and oxygen atoms in total. The van der Waals surface area contributed by atoms with Gasteiger partial charge in [0, 0.05) is 6.20 Å². The second-order valence-electron chi connectivity index (χ2n) is 2.49. The van der Waals surface area contributed by atoms with Crippen molar-refractivity contribution in [1.29, 1.82) is 0 Å². The molecule has 0 fully saturated rings. The van der Waals surface area contributed by atoms with Crippen molar-refractivity contribution in [3.63, 3.8) is 0 Å². The number of para-hydroxylation sites is 1. The Balaban J connectivity index is 0.000000720. The Morgan fingerprint density at radius 1 is 1.08 bits per heavy atom. The van der Waals surface area contributed by atoms with Gasteiger partial charge in [-0.05, 0) is 11.6 Å². The van der Waals surface area contributed by atoms with Gasteiger partial charge in [-0.1, -0.05) is 17.5 Å². The Morgan fingerprint density at radius 3 is 2.58 bits per heavy atom. The second kappa shape index (κ2) is 3.68. The van der Waals surface area contributed by atoms with E-state index in [0.29, 0.717) is 0 Å². The Kier molecular flexibility index (Phi) is 2.83. The van der Waals surface area contributed by atoms with Crippen LogP contribution in [-0.4, -0.2) is 4.98 Å². The summed E-state index contributed by atoms with van der Waals surface area (Å²) >= 11 is 0. The van der Waals surface area contributed by atoms with Gasteiger partial charge < -0.3 is 4.98 Å². The third kappa shape index (κ3) is 1.49. The number of pyridine rings is 1. The van der Waals surface area contributed by atoms with Gasteiger partial charge in [-0.25, -0.2) is 0 Å². The molecule has 1 aromatic carbocycles. The van der Waals surface area contributed by atoms with E-state index in [4.69, 9.17) is 0 Å². The fourth-order valence-corrected chi connectivity index (χ4v) is 1.17. The van der Waals surface area contributed by atoms with E-state index in [1.54, 1.807) is 6.20 Å². The quantitative estimate of drug-likeness (QED) is 0.511. The molecule has 2 aromatic rings. The zero-order valence-corrected chi connectivity index (χ0v) is 8.21. The third-order valence-corrected chi connectivity index (χ3v) is 1.72. The van der Waals surface area contributed by atoms with Crippen molar-refractivity contribution in [2.45, 2.75) is 0 Å². The molecule has 0 aliphatic carbocycles. The molecule has 2 rings (SSSR count). The molecule has 0 aliphatic rings. The van der Waals surface area contributed by atoms with Crippen molar-refractivity contribution < 1.29 is 19.5 Å². The number of benzene rings is 1. The van der Waals surface area contributed by atoms with Crippen LogP contribution in [0.4, 0.5) is 0 Å². The van der Waals surface area contributed by atoms with Crippen molar-refractivity contribution in [3.8, 4) is 0 Å². The number of aromatic nitrogens is 1. The fraction of sp³-hybridized carbons (Fsp3) is 0. The summed E-state index contributed by atoms with van der Waals surface area (Å²) in [6, 6.07) is 9.97. The van der Waals surface area contributed by atoms with Crippen LogP contribution in [0.15, 0.2) is 36.5 Å². The zero-order valence-electron chi connectivity index (χ0n) is 6.47. The van der Waals surface area contributed by atoms with Gasteiger partial charge in [-0.3, -0.25) is 0 Å². The Labute approximate surface area is 84.6 Å². The maximum atomic E-state index is 4.22. The van der Waals surface area contributed by atoms with E-state index >= 15 is 0 Å². The molecule has 1 radical (unpaired) electrons. The molecule has 61 valence electrons. The molecule has 1 heterocycles. The van der Waals surface area contributed by atoms with E-state index in [-0.39, 0.29) is 19.5 Å². The average Bonchev–Trinajstić information content (AvgIpc) is 2.06. The molecule has 12 heavy (non-hydrogen) atoms. The van der Waals surface area contributed by atoms with Crippen molar-refractivity contribution in [3.05, 3.63) is 49.0 Å². The Morgan fingerprint density at radius 2 is 1.83 bits per heavy atom. The molecular formula is C10H8NRu. The van der Waals surface area contributed by atoms with E-state index in [1.165, 1.54) is 0 Å². The molecule has 1 aromatic heterocycles. The first-order chi connectivity index (χ1) is 5.38. The third-order valence-electron chi connectivity index (χ3n) is 1.72. The fourth-order valence-electron chi connectivity index (χ4n) is 1.17. The van der Waals surface area contributed by atoms with Gasteiger partial charge >= 0.3 is 19.5 Å². The number of hydrogen-bond donors (Lipinski definition) is 0. The Bertz CT molecular complexity index is 379. The molecule has 0 aliphatic heterocycles. The molecule has 0 atom stereocenters. The minimum Gasteiger partial charge on any atom is -0.320 e. The van der Waals surface area contributed by atoms with Crippen molar-refractivity contribution in [2.75, 3.05) is 0 Å². The van der Waals surface area contributed by atoms with Gasteiger partial charge in [-0.15, -0.1) is 6.07 Å². The maximum Gasteiger partial charge on any atom is 1.00 e. The number of rotatable bonds is 0. The average molecular weight is 243 g/mol. The van der Waals surface area contributed by atoms with Gasteiger partial charge in [-0.2, -0.15) is 18.6 Å². The molecule has 2 heteroatoms. The van der Waals surface area contributed by atoms with Gasteiger partial charge in [0.1, 0.15) is 0 Å². The topological polar surface area (TPSA) is 12.9 Å². The molecule has 0 saturated heterocycles. The van der Waals surface area contributed by atoms with Crippen LogP contribution in [-0.2, 0) is 19.5 Å². The zero-order chi connectivity index (χ0) is 7.68. The summed E-state index contributed by atoms with van der Waals surface area (Å²) in [6.07, 6.45) is 1.79. The van der Waals surface area contributed by atoms with Crippen LogP contribution in [0.1, 0.15) is 5.56 Å². The van der Waals surface area contributed by atoms with Crippen LogP contribution >= 0.6 is 0 Å². The van der Waals surface area contributed by atoms with Gasteiger partial charge in [0.05, 0.1) is 0 Å². The smallest absolute Gasteiger partial charge is 0.320 e. The number of fused-ring (bicyclic) bond motifs is 1. The van der Waals surface area contributed by atoms with Crippen LogP contribution in [0, 0.1) is 6.92 Å². The van der Waals surface area contributed by atoms with Gasteiger partial charge in [0.15, 0.2) is 0 Å². The summed E-state index contributed by atoms with van der Waals surface area (Å²) in [4.78, 5) is 4.22. The summed E-state index contributed by atoms with van der Waals surface area (Å²) in [7, 11) is 0. The summed E-state index contributed by atoms with van der Waals surface area (Å²) < 4.78 is 0. The summed E-state index contributed by atoms with van der Waals surface area (Å²) in [5.41, 5.74) is 1.98.